The van der Waals surface area contributed by atoms with Crippen LogP contribution in [0.15, 0.2) is 4.99 Å². The highest BCUT2D eigenvalue weighted by Gasteiger charge is 2.32. The molecule has 0 aliphatic rings. The van der Waals surface area contributed by atoms with Gasteiger partial charge in [-0.15, -0.1) is 0 Å². The molecule has 14 nitrogen and oxygen atoms in total. The highest BCUT2D eigenvalue weighted by molar-refractivity contribution is 5.94. The molecule has 0 aliphatic heterocycles. The van der Waals surface area contributed by atoms with E-state index in [0.717, 1.165) is 0 Å². The summed E-state index contributed by atoms with van der Waals surface area (Å²) in [6.45, 7) is 7.59. The Morgan fingerprint density at radius 1 is 0.865 bits per heavy atom. The summed E-state index contributed by atoms with van der Waals surface area (Å²) in [5, 5.41) is 17.1. The van der Waals surface area contributed by atoms with Crippen molar-refractivity contribution >= 4 is 35.6 Å². The average molecular weight is 529 g/mol. The van der Waals surface area contributed by atoms with Gasteiger partial charge in [0.15, 0.2) is 5.96 Å². The van der Waals surface area contributed by atoms with E-state index in [0.29, 0.717) is 12.8 Å². The van der Waals surface area contributed by atoms with E-state index in [1.54, 1.807) is 6.92 Å². The van der Waals surface area contributed by atoms with Gasteiger partial charge in [-0.3, -0.25) is 24.2 Å². The summed E-state index contributed by atoms with van der Waals surface area (Å²) < 4.78 is 0. The summed E-state index contributed by atoms with van der Waals surface area (Å²) in [6, 6.07) is -4.38. The molecule has 0 aromatic rings. The van der Waals surface area contributed by atoms with E-state index >= 15 is 0 Å². The third-order valence-electron chi connectivity index (χ3n) is 5.73. The second kappa shape index (κ2) is 17.1. The lowest BCUT2D eigenvalue weighted by Crippen LogP contribution is -2.58. The molecule has 4 amide bonds. The highest BCUT2D eigenvalue weighted by Crippen LogP contribution is 2.11. The first-order chi connectivity index (χ1) is 17.2. The van der Waals surface area contributed by atoms with Gasteiger partial charge in [0, 0.05) is 13.0 Å². The number of nitrogens with two attached hydrogens (primary N) is 4. The zero-order valence-electron chi connectivity index (χ0n) is 22.2. The normalized spacial score (nSPS) is 15.0. The van der Waals surface area contributed by atoms with Crippen molar-refractivity contribution in [2.45, 2.75) is 90.4 Å². The number of hydrogen-bond acceptors (Lipinski definition) is 7. The van der Waals surface area contributed by atoms with Gasteiger partial charge in [-0.05, 0) is 37.5 Å². The first-order valence-corrected chi connectivity index (χ1v) is 12.4. The quantitative estimate of drug-likeness (QED) is 0.0569. The maximum Gasteiger partial charge on any atom is 0.326 e. The predicted molar refractivity (Wildman–Crippen MR) is 139 cm³/mol. The van der Waals surface area contributed by atoms with Gasteiger partial charge >= 0.3 is 5.97 Å². The van der Waals surface area contributed by atoms with Gasteiger partial charge in [0.2, 0.25) is 23.6 Å². The van der Waals surface area contributed by atoms with E-state index in [2.05, 4.69) is 20.9 Å². The van der Waals surface area contributed by atoms with E-state index in [9.17, 15) is 29.1 Å². The molecule has 12 N–H and O–H groups in total. The SMILES string of the molecule is CCC(C)C(NC(=O)C(N)CC(C)C)C(=O)NC(CCC(N)=O)C(=O)NC(CCCN=C(N)N)C(=O)O. The van der Waals surface area contributed by atoms with Crippen LogP contribution in [0.4, 0.5) is 0 Å². The van der Waals surface area contributed by atoms with Crippen LogP contribution >= 0.6 is 0 Å². The Morgan fingerprint density at radius 2 is 1.46 bits per heavy atom. The second-order valence-electron chi connectivity index (χ2n) is 9.52. The molecule has 37 heavy (non-hydrogen) atoms. The molecule has 14 heteroatoms. The van der Waals surface area contributed by atoms with Crippen molar-refractivity contribution in [1.29, 1.82) is 0 Å². The predicted octanol–water partition coefficient (Wildman–Crippen LogP) is -1.74. The number of hydrogen-bond donors (Lipinski definition) is 8. The summed E-state index contributed by atoms with van der Waals surface area (Å²) in [5.74, 6) is -4.25. The Hall–Kier alpha value is -3.42. The lowest BCUT2D eigenvalue weighted by atomic mass is 9.96. The number of primary amides is 1. The average Bonchev–Trinajstić information content (AvgIpc) is 2.79. The minimum absolute atomic E-state index is 0.0215. The highest BCUT2D eigenvalue weighted by atomic mass is 16.4. The molecule has 0 aliphatic carbocycles. The van der Waals surface area contributed by atoms with Gasteiger partial charge in [-0.25, -0.2) is 4.79 Å². The molecular weight excluding hydrogens is 484 g/mol. The van der Waals surface area contributed by atoms with Crippen molar-refractivity contribution in [3.63, 3.8) is 0 Å². The number of rotatable bonds is 18. The van der Waals surface area contributed by atoms with Crippen molar-refractivity contribution in [2.24, 2.45) is 39.8 Å². The van der Waals surface area contributed by atoms with Gasteiger partial charge in [0.1, 0.15) is 18.1 Å². The van der Waals surface area contributed by atoms with Gasteiger partial charge < -0.3 is 44.0 Å². The molecule has 212 valence electrons. The molecule has 0 radical (unpaired) electrons. The Kier molecular flexibility index (Phi) is 15.5. The van der Waals surface area contributed by atoms with Crippen LogP contribution in [0.3, 0.4) is 0 Å². The fourth-order valence-corrected chi connectivity index (χ4v) is 3.43. The van der Waals surface area contributed by atoms with E-state index in [-0.39, 0.29) is 50.0 Å². The lowest BCUT2D eigenvalue weighted by molar-refractivity contribution is -0.142. The van der Waals surface area contributed by atoms with E-state index in [1.807, 2.05) is 20.8 Å². The van der Waals surface area contributed by atoms with Crippen LogP contribution in [-0.2, 0) is 24.0 Å². The van der Waals surface area contributed by atoms with Crippen LogP contribution in [0, 0.1) is 11.8 Å². The van der Waals surface area contributed by atoms with Crippen molar-refractivity contribution in [3.05, 3.63) is 0 Å². The third kappa shape index (κ3) is 14.0. The number of aliphatic carboxylic acids is 1. The van der Waals surface area contributed by atoms with Crippen LogP contribution in [0.2, 0.25) is 0 Å². The van der Waals surface area contributed by atoms with Crippen LogP contribution in [0.5, 0.6) is 0 Å². The number of nitrogens with zero attached hydrogens (tertiary/aromatic N) is 1. The fraction of sp³-hybridized carbons (Fsp3) is 0.739. The topological polar surface area (TPSA) is 258 Å². The van der Waals surface area contributed by atoms with Gasteiger partial charge in [-0.2, -0.15) is 0 Å². The molecule has 5 unspecified atom stereocenters. The number of guanidine groups is 1. The lowest BCUT2D eigenvalue weighted by Gasteiger charge is -2.28. The molecule has 0 rings (SSSR count). The van der Waals surface area contributed by atoms with Gasteiger partial charge in [0.05, 0.1) is 6.04 Å². The van der Waals surface area contributed by atoms with Gasteiger partial charge in [0.25, 0.3) is 0 Å². The summed E-state index contributed by atoms with van der Waals surface area (Å²) >= 11 is 0. The van der Waals surface area contributed by atoms with Crippen molar-refractivity contribution in [3.8, 4) is 0 Å². The van der Waals surface area contributed by atoms with Crippen LogP contribution < -0.4 is 38.9 Å². The Bertz CT molecular complexity index is 815. The summed E-state index contributed by atoms with van der Waals surface area (Å²) in [5.41, 5.74) is 21.7. The third-order valence-corrected chi connectivity index (χ3v) is 5.73. The monoisotopic (exact) mass is 528 g/mol. The molecule has 0 heterocycles. The van der Waals surface area contributed by atoms with E-state index in [4.69, 9.17) is 22.9 Å². The van der Waals surface area contributed by atoms with E-state index in [1.165, 1.54) is 0 Å². The molecule has 0 spiro atoms. The van der Waals surface area contributed by atoms with Crippen LogP contribution in [0.1, 0.15) is 66.2 Å². The molecule has 0 saturated carbocycles. The summed E-state index contributed by atoms with van der Waals surface area (Å²) in [7, 11) is 0. The number of aliphatic imine (C=N–C) groups is 1. The van der Waals surface area contributed by atoms with Crippen LogP contribution in [-0.4, -0.2) is 71.4 Å². The summed E-state index contributed by atoms with van der Waals surface area (Å²) in [4.78, 5) is 65.5. The first-order valence-electron chi connectivity index (χ1n) is 12.4. The molecule has 0 fully saturated rings. The summed E-state index contributed by atoms with van der Waals surface area (Å²) in [6.07, 6.45) is 0.845. The standard InChI is InChI=1S/C23H44N8O6/c1-5-13(4)18(31-19(33)14(24)11-12(2)3)21(35)29-15(8-9-17(25)32)20(34)30-16(22(36)37)7-6-10-28-23(26)27/h12-16,18H,5-11,24H2,1-4H3,(H2,25,32)(H,29,35)(H,30,34)(H,31,33)(H,36,37)(H4,26,27,28). The minimum atomic E-state index is -1.29. The van der Waals surface area contributed by atoms with Crippen molar-refractivity contribution < 1.29 is 29.1 Å². The number of amides is 4. The van der Waals surface area contributed by atoms with E-state index < -0.39 is 53.8 Å². The minimum Gasteiger partial charge on any atom is -0.480 e. The number of carboxylic acid groups (broad SMARTS) is 1. The van der Waals surface area contributed by atoms with Crippen LogP contribution in [0.25, 0.3) is 0 Å². The molecule has 0 aromatic heterocycles. The molecule has 0 aromatic carbocycles. The van der Waals surface area contributed by atoms with Crippen molar-refractivity contribution in [1.82, 2.24) is 16.0 Å². The number of carbonyl (C=O) groups excluding carboxylic acids is 4. The number of nitrogens with one attached hydrogen (secondary N) is 3. The smallest absolute Gasteiger partial charge is 0.326 e. The maximum atomic E-state index is 13.2. The molecule has 0 bridgehead atoms. The Balaban J connectivity index is 5.59. The first kappa shape index (κ1) is 33.6. The number of carbonyl (C=O) groups is 5. The Morgan fingerprint density at radius 3 is 1.95 bits per heavy atom. The molecule has 5 atom stereocenters. The Labute approximate surface area is 217 Å². The van der Waals surface area contributed by atoms with Crippen molar-refractivity contribution in [2.75, 3.05) is 6.54 Å². The largest absolute Gasteiger partial charge is 0.480 e. The molecular formula is C23H44N8O6. The zero-order chi connectivity index (χ0) is 28.7. The number of carboxylic acids is 1. The maximum absolute atomic E-state index is 13.2. The molecule has 0 saturated heterocycles. The fourth-order valence-electron chi connectivity index (χ4n) is 3.43. The second-order valence-corrected chi connectivity index (χ2v) is 9.52. The zero-order valence-corrected chi connectivity index (χ0v) is 22.2. The van der Waals surface area contributed by atoms with Gasteiger partial charge in [-0.1, -0.05) is 34.1 Å².